The maximum Gasteiger partial charge on any atom is 0 e. The Morgan fingerprint density at radius 2 is 1.09 bits per heavy atom. The second-order valence-electron chi connectivity index (χ2n) is 8.69. The van der Waals surface area contributed by atoms with E-state index in [0.717, 1.165) is 29.6 Å². The van der Waals surface area contributed by atoms with Crippen LogP contribution in [0.25, 0.3) is 0 Å². The first-order valence-corrected chi connectivity index (χ1v) is 10.1. The fraction of sp³-hybridized carbons (Fsp3) is 0.952. The normalized spacial score (nSPS) is 37.5. The topological polar surface area (TPSA) is 0 Å². The summed E-state index contributed by atoms with van der Waals surface area (Å²) in [4.78, 5) is 0. The molecule has 0 spiro atoms. The van der Waals surface area contributed by atoms with Crippen molar-refractivity contribution in [2.45, 2.75) is 96.8 Å². The molecule has 1 heteroatoms. The molecule has 3 aliphatic carbocycles. The number of hydrogen-bond acceptors (Lipinski definition) is 0. The summed E-state index contributed by atoms with van der Waals surface area (Å²) in [6.45, 7) is 2.44. The summed E-state index contributed by atoms with van der Waals surface area (Å²) in [6.07, 6.45) is 23.8. The Morgan fingerprint density at radius 3 is 1.64 bits per heavy atom. The van der Waals surface area contributed by atoms with Gasteiger partial charge in [-0.15, -0.1) is 0 Å². The van der Waals surface area contributed by atoms with Crippen molar-refractivity contribution in [3.8, 4) is 0 Å². The zero-order chi connectivity index (χ0) is 14.5. The van der Waals surface area contributed by atoms with Crippen molar-refractivity contribution in [1.82, 2.24) is 0 Å². The van der Waals surface area contributed by atoms with E-state index in [1.54, 1.807) is 38.5 Å². The van der Waals surface area contributed by atoms with Crippen LogP contribution in [0.2, 0.25) is 0 Å². The van der Waals surface area contributed by atoms with Crippen molar-refractivity contribution in [2.24, 2.45) is 29.6 Å². The zero-order valence-corrected chi connectivity index (χ0v) is 21.5. The molecule has 0 aromatic rings. The predicted molar refractivity (Wildman–Crippen MR) is 92.1 cm³/mol. The molecule has 3 aliphatic rings. The molecule has 0 aromatic carbocycles. The van der Waals surface area contributed by atoms with Crippen LogP contribution in [-0.4, -0.2) is 0 Å². The van der Waals surface area contributed by atoms with Crippen LogP contribution < -0.4 is 0 Å². The molecule has 3 rings (SSSR count). The molecule has 0 radical (unpaired) electrons. The second kappa shape index (κ2) is 8.59. The van der Waals surface area contributed by atoms with Gasteiger partial charge in [-0.05, 0) is 42.4 Å². The Kier molecular flexibility index (Phi) is 6.77. The third-order valence-corrected chi connectivity index (χ3v) is 7.16. The Balaban J connectivity index is 0.00000176. The summed E-state index contributed by atoms with van der Waals surface area (Å²) >= 11 is 0. The molecule has 3 fully saturated rings. The van der Waals surface area contributed by atoms with Gasteiger partial charge in [0.1, 0.15) is 0 Å². The SMILES string of the molecule is CC1CCC(CCC2CCC(C3CC[CH-]CC3)CC2)CC1.[Rf]. The third-order valence-electron chi connectivity index (χ3n) is 7.16. The van der Waals surface area contributed by atoms with E-state index in [9.17, 15) is 0 Å². The molecule has 0 atom stereocenters. The molecule has 22 heavy (non-hydrogen) atoms. The Hall–Kier alpha value is -1.00. The minimum atomic E-state index is 0. The van der Waals surface area contributed by atoms with E-state index in [-0.39, 0.29) is 0 Å². The van der Waals surface area contributed by atoms with Crippen LogP contribution in [0.1, 0.15) is 96.8 Å². The quantitative estimate of drug-likeness (QED) is 0.335. The summed E-state index contributed by atoms with van der Waals surface area (Å²) in [7, 11) is 0. The van der Waals surface area contributed by atoms with Gasteiger partial charge in [0.25, 0.3) is 0 Å². The van der Waals surface area contributed by atoms with E-state index >= 15 is 0 Å². The standard InChI is InChI=1S/C21H37.Rf/c1-17-7-9-18(10-8-17)11-12-19-13-15-21(16-14-19)20-5-3-2-4-6-20;/h2,17-21H,3-16H2,1H3;/q-1;. The van der Waals surface area contributed by atoms with Gasteiger partial charge in [-0.1, -0.05) is 71.1 Å². The fourth-order valence-electron chi connectivity index (χ4n) is 5.46. The van der Waals surface area contributed by atoms with E-state index < -0.39 is 0 Å². The summed E-state index contributed by atoms with van der Waals surface area (Å²) < 4.78 is 0. The molecule has 0 aromatic heterocycles. The van der Waals surface area contributed by atoms with Crippen LogP contribution >= 0.6 is 0 Å². The molecule has 0 amide bonds. The van der Waals surface area contributed by atoms with E-state index in [1.807, 2.05) is 0 Å². The Bertz CT molecular complexity index is 278. The van der Waals surface area contributed by atoms with E-state index in [1.165, 1.54) is 51.4 Å². The largest absolute Gasteiger partial charge is 0.328 e. The molecule has 124 valence electrons. The first kappa shape index (κ1) is 17.4. The maximum atomic E-state index is 2.52. The van der Waals surface area contributed by atoms with E-state index in [4.69, 9.17) is 0 Å². The van der Waals surface area contributed by atoms with Crippen molar-refractivity contribution in [2.75, 3.05) is 0 Å². The zero-order valence-electron chi connectivity index (χ0n) is 15.1. The fourth-order valence-corrected chi connectivity index (χ4v) is 5.46. The van der Waals surface area contributed by atoms with Crippen molar-refractivity contribution < 1.29 is 0 Å². The first-order valence-electron chi connectivity index (χ1n) is 10.1. The van der Waals surface area contributed by atoms with Gasteiger partial charge < -0.3 is 6.42 Å². The van der Waals surface area contributed by atoms with Gasteiger partial charge in [-0.25, -0.2) is 0 Å². The van der Waals surface area contributed by atoms with Crippen molar-refractivity contribution >= 4 is 0 Å². The number of hydrogen-bond donors (Lipinski definition) is 0. The van der Waals surface area contributed by atoms with Gasteiger partial charge in [-0.3, -0.25) is 0 Å². The molecule has 0 aliphatic heterocycles. The van der Waals surface area contributed by atoms with Crippen LogP contribution in [0.5, 0.6) is 0 Å². The summed E-state index contributed by atoms with van der Waals surface area (Å²) in [5.74, 6) is 5.40. The maximum absolute atomic E-state index is 2.52. The minimum absolute atomic E-state index is 0. The van der Waals surface area contributed by atoms with E-state index in [0.29, 0.717) is 0 Å². The summed E-state index contributed by atoms with van der Waals surface area (Å²) in [6, 6.07) is 0. The predicted octanol–water partition coefficient (Wildman–Crippen LogP) is 6.79. The first-order chi connectivity index (χ1) is 10.3. The van der Waals surface area contributed by atoms with Crippen LogP contribution in [0.3, 0.4) is 0 Å². The van der Waals surface area contributed by atoms with Crippen molar-refractivity contribution in [1.29, 1.82) is 0 Å². The average molecular weight is 557 g/mol. The summed E-state index contributed by atoms with van der Waals surface area (Å²) in [5, 5.41) is 0. The smallest absolute Gasteiger partial charge is 0 e. The Labute approximate surface area is 133 Å². The molecule has 0 unspecified atom stereocenters. The van der Waals surface area contributed by atoms with Gasteiger partial charge in [0.2, 0.25) is 0 Å². The van der Waals surface area contributed by atoms with Gasteiger partial charge in [0.05, 0.1) is 0 Å². The molecule has 0 N–H and O–H groups in total. The van der Waals surface area contributed by atoms with Crippen molar-refractivity contribution in [3.05, 3.63) is 6.42 Å². The average Bonchev–Trinajstić information content (AvgIpc) is 2.56. The van der Waals surface area contributed by atoms with Crippen LogP contribution in [0.4, 0.5) is 0 Å². The summed E-state index contributed by atoms with van der Waals surface area (Å²) in [5.41, 5.74) is 0. The molecule has 0 nitrogen and oxygen atoms in total. The van der Waals surface area contributed by atoms with Crippen LogP contribution in [-0.2, 0) is 0 Å². The second-order valence-corrected chi connectivity index (χ2v) is 8.69. The Morgan fingerprint density at radius 1 is 0.636 bits per heavy atom. The number of rotatable bonds is 4. The molecule has 0 heterocycles. The minimum Gasteiger partial charge on any atom is -0.328 e. The van der Waals surface area contributed by atoms with Gasteiger partial charge in [-0.2, -0.15) is 12.8 Å². The van der Waals surface area contributed by atoms with Gasteiger partial charge >= 0.3 is 0 Å². The van der Waals surface area contributed by atoms with E-state index in [2.05, 4.69) is 13.3 Å². The molecule has 3 saturated carbocycles. The van der Waals surface area contributed by atoms with Crippen molar-refractivity contribution in [3.63, 3.8) is 0 Å². The van der Waals surface area contributed by atoms with Gasteiger partial charge in [0, 0.05) is 0 Å². The molecular formula is C21H37Rf-. The molecule has 0 saturated heterocycles. The van der Waals surface area contributed by atoms with Crippen LogP contribution in [0.15, 0.2) is 0 Å². The van der Waals surface area contributed by atoms with Crippen LogP contribution in [0, 0.1) is 36.0 Å². The van der Waals surface area contributed by atoms with Gasteiger partial charge in [0.15, 0.2) is 0 Å². The monoisotopic (exact) mass is 556 g/mol. The molecular weight excluding hydrogens is 519 g/mol. The third kappa shape index (κ3) is 4.75. The molecule has 0 bridgehead atoms.